The van der Waals surface area contributed by atoms with E-state index in [1.54, 1.807) is 13.0 Å². The van der Waals surface area contributed by atoms with Crippen LogP contribution in [0.15, 0.2) is 59.1 Å². The summed E-state index contributed by atoms with van der Waals surface area (Å²) in [5.74, 6) is 0.146. The average Bonchev–Trinajstić information content (AvgIpc) is 3.01. The number of para-hydroxylation sites is 1. The Morgan fingerprint density at radius 1 is 1.07 bits per heavy atom. The lowest BCUT2D eigenvalue weighted by molar-refractivity contribution is -0.274. The summed E-state index contributed by atoms with van der Waals surface area (Å²) in [4.78, 5) is 12.5. The Hall–Kier alpha value is -3.09. The third-order valence-electron chi connectivity index (χ3n) is 4.28. The van der Waals surface area contributed by atoms with Crippen molar-refractivity contribution >= 4 is 5.78 Å². The molecule has 3 aromatic rings. The van der Waals surface area contributed by atoms with Crippen molar-refractivity contribution in [3.8, 4) is 17.0 Å². The lowest BCUT2D eigenvalue weighted by Gasteiger charge is -2.12. The Balaban J connectivity index is 1.69. The van der Waals surface area contributed by atoms with Crippen LogP contribution in [-0.4, -0.2) is 17.3 Å². The number of Topliss-reactive ketones (excluding diaryl/α,β-unsaturated/α-hetero) is 1. The molecule has 0 amide bonds. The van der Waals surface area contributed by atoms with E-state index < -0.39 is 6.36 Å². The Morgan fingerprint density at radius 3 is 2.46 bits per heavy atom. The van der Waals surface area contributed by atoms with Gasteiger partial charge in [-0.3, -0.25) is 4.79 Å². The van der Waals surface area contributed by atoms with E-state index in [1.165, 1.54) is 18.2 Å². The molecule has 0 aliphatic carbocycles. The van der Waals surface area contributed by atoms with Crippen molar-refractivity contribution in [2.75, 3.05) is 0 Å². The Labute approximate surface area is 159 Å². The number of hydrogen-bond donors (Lipinski definition) is 0. The minimum Gasteiger partial charge on any atom is -0.406 e. The van der Waals surface area contributed by atoms with Crippen molar-refractivity contribution in [1.29, 1.82) is 0 Å². The van der Waals surface area contributed by atoms with Crippen LogP contribution in [0.4, 0.5) is 13.2 Å². The summed E-state index contributed by atoms with van der Waals surface area (Å²) in [5, 5.41) is 4.04. The molecule has 0 saturated heterocycles. The Bertz CT molecular complexity index is 949. The lowest BCUT2D eigenvalue weighted by atomic mass is 9.98. The van der Waals surface area contributed by atoms with Crippen molar-refractivity contribution < 1.29 is 27.2 Å². The predicted molar refractivity (Wildman–Crippen MR) is 96.8 cm³/mol. The fraction of sp³-hybridized carbons (Fsp3) is 0.238. The van der Waals surface area contributed by atoms with Gasteiger partial charge >= 0.3 is 6.36 Å². The number of aromatic nitrogens is 1. The highest BCUT2D eigenvalue weighted by Gasteiger charge is 2.32. The molecule has 1 aromatic heterocycles. The topological polar surface area (TPSA) is 52.3 Å². The third-order valence-corrected chi connectivity index (χ3v) is 4.28. The minimum absolute atomic E-state index is 0.0804. The molecule has 0 fully saturated rings. The first-order valence-corrected chi connectivity index (χ1v) is 8.69. The molecular weight excluding hydrogens is 371 g/mol. The molecule has 0 aliphatic heterocycles. The Morgan fingerprint density at radius 2 is 1.75 bits per heavy atom. The first kappa shape index (κ1) is 19.7. The standard InChI is InChI=1S/C21H18F3NO3/c1-14-18(20(25-28-14)16-8-3-2-4-9-16)13-17(26)12-11-15-7-5-6-10-19(15)27-21(22,23)24/h2-10H,11-13H2,1H3. The molecule has 0 aliphatic rings. The van der Waals surface area contributed by atoms with Crippen LogP contribution in [0.1, 0.15) is 23.3 Å². The molecule has 0 saturated carbocycles. The average molecular weight is 389 g/mol. The van der Waals surface area contributed by atoms with E-state index in [9.17, 15) is 18.0 Å². The largest absolute Gasteiger partial charge is 0.573 e. The number of benzene rings is 2. The van der Waals surface area contributed by atoms with Gasteiger partial charge < -0.3 is 9.26 Å². The highest BCUT2D eigenvalue weighted by Crippen LogP contribution is 2.28. The van der Waals surface area contributed by atoms with Gasteiger partial charge in [0.25, 0.3) is 0 Å². The van der Waals surface area contributed by atoms with Gasteiger partial charge in [0.15, 0.2) is 0 Å². The van der Waals surface area contributed by atoms with Crippen LogP contribution < -0.4 is 4.74 Å². The van der Waals surface area contributed by atoms with E-state index in [0.29, 0.717) is 22.6 Å². The van der Waals surface area contributed by atoms with Crippen LogP contribution in [0.25, 0.3) is 11.3 Å². The highest BCUT2D eigenvalue weighted by atomic mass is 19.4. The molecule has 3 rings (SSSR count). The van der Waals surface area contributed by atoms with Gasteiger partial charge in [0, 0.05) is 24.0 Å². The number of halogens is 3. The summed E-state index contributed by atoms with van der Waals surface area (Å²) < 4.78 is 46.8. The first-order chi connectivity index (χ1) is 13.3. The van der Waals surface area contributed by atoms with Gasteiger partial charge in [-0.05, 0) is 25.0 Å². The fourth-order valence-electron chi connectivity index (χ4n) is 2.92. The SMILES string of the molecule is Cc1onc(-c2ccccc2)c1CC(=O)CCc1ccccc1OC(F)(F)F. The zero-order valence-electron chi connectivity index (χ0n) is 15.1. The summed E-state index contributed by atoms with van der Waals surface area (Å²) in [6.07, 6.45) is -4.45. The number of ether oxygens (including phenoxy) is 1. The number of hydrogen-bond acceptors (Lipinski definition) is 4. The number of aryl methyl sites for hydroxylation is 2. The van der Waals surface area contributed by atoms with Crippen molar-refractivity contribution in [2.45, 2.75) is 32.5 Å². The van der Waals surface area contributed by atoms with Crippen LogP contribution in [0.5, 0.6) is 5.75 Å². The number of ketones is 1. The van der Waals surface area contributed by atoms with E-state index in [2.05, 4.69) is 9.89 Å². The summed E-state index contributed by atoms with van der Waals surface area (Å²) in [6.45, 7) is 1.73. The fourth-order valence-corrected chi connectivity index (χ4v) is 2.92. The van der Waals surface area contributed by atoms with Gasteiger partial charge in [-0.2, -0.15) is 0 Å². The molecule has 28 heavy (non-hydrogen) atoms. The molecule has 2 aromatic carbocycles. The van der Waals surface area contributed by atoms with Crippen molar-refractivity contribution in [3.63, 3.8) is 0 Å². The maximum Gasteiger partial charge on any atom is 0.573 e. The van der Waals surface area contributed by atoms with Crippen LogP contribution in [-0.2, 0) is 17.6 Å². The van der Waals surface area contributed by atoms with Gasteiger partial charge in [-0.1, -0.05) is 53.7 Å². The summed E-state index contributed by atoms with van der Waals surface area (Å²) in [5.41, 5.74) is 2.47. The predicted octanol–water partition coefficient (Wildman–Crippen LogP) is 5.29. The highest BCUT2D eigenvalue weighted by molar-refractivity contribution is 5.83. The van der Waals surface area contributed by atoms with Crippen LogP contribution in [0, 0.1) is 6.92 Å². The molecule has 0 atom stereocenters. The number of rotatable bonds is 7. The van der Waals surface area contributed by atoms with Crippen molar-refractivity contribution in [1.82, 2.24) is 5.16 Å². The van der Waals surface area contributed by atoms with E-state index >= 15 is 0 Å². The number of alkyl halides is 3. The summed E-state index contributed by atoms with van der Waals surface area (Å²) >= 11 is 0. The van der Waals surface area contributed by atoms with E-state index in [1.807, 2.05) is 30.3 Å². The molecule has 7 heteroatoms. The summed E-state index contributed by atoms with van der Waals surface area (Å²) in [6, 6.07) is 15.2. The second kappa shape index (κ2) is 8.29. The first-order valence-electron chi connectivity index (χ1n) is 8.69. The monoisotopic (exact) mass is 389 g/mol. The van der Waals surface area contributed by atoms with Gasteiger partial charge in [-0.15, -0.1) is 13.2 Å². The molecule has 1 heterocycles. The second-order valence-corrected chi connectivity index (χ2v) is 6.30. The van der Waals surface area contributed by atoms with Crippen molar-refractivity contribution in [2.24, 2.45) is 0 Å². The smallest absolute Gasteiger partial charge is 0.406 e. The normalized spacial score (nSPS) is 11.4. The molecule has 4 nitrogen and oxygen atoms in total. The molecular formula is C21H18F3NO3. The van der Waals surface area contributed by atoms with Gasteiger partial charge in [0.05, 0.1) is 0 Å². The van der Waals surface area contributed by atoms with Crippen LogP contribution in [0.2, 0.25) is 0 Å². The third kappa shape index (κ3) is 5.00. The second-order valence-electron chi connectivity index (χ2n) is 6.30. The van der Waals surface area contributed by atoms with Crippen molar-refractivity contribution in [3.05, 3.63) is 71.5 Å². The van der Waals surface area contributed by atoms with Crippen LogP contribution >= 0.6 is 0 Å². The molecule has 0 unspecified atom stereocenters. The van der Waals surface area contributed by atoms with E-state index in [0.717, 1.165) is 5.56 Å². The van der Waals surface area contributed by atoms with E-state index in [4.69, 9.17) is 4.52 Å². The van der Waals surface area contributed by atoms with Gasteiger partial charge in [0.2, 0.25) is 0 Å². The summed E-state index contributed by atoms with van der Waals surface area (Å²) in [7, 11) is 0. The quantitative estimate of drug-likeness (QED) is 0.551. The molecule has 0 radical (unpaired) electrons. The van der Waals surface area contributed by atoms with E-state index in [-0.39, 0.29) is 30.8 Å². The number of nitrogens with zero attached hydrogens (tertiary/aromatic N) is 1. The van der Waals surface area contributed by atoms with Gasteiger partial charge in [-0.25, -0.2) is 0 Å². The maximum absolute atomic E-state index is 12.5. The molecule has 0 N–H and O–H groups in total. The molecule has 0 spiro atoms. The molecule has 146 valence electrons. The molecule has 0 bridgehead atoms. The van der Waals surface area contributed by atoms with Crippen LogP contribution in [0.3, 0.4) is 0 Å². The maximum atomic E-state index is 12.5. The minimum atomic E-state index is -4.77. The number of carbonyl (C=O) groups is 1. The zero-order chi connectivity index (χ0) is 20.1. The van der Waals surface area contributed by atoms with Gasteiger partial charge in [0.1, 0.15) is 23.0 Å². The zero-order valence-corrected chi connectivity index (χ0v) is 15.1. The Kier molecular flexibility index (Phi) is 5.82. The lowest BCUT2D eigenvalue weighted by Crippen LogP contribution is -2.18. The number of carbonyl (C=O) groups excluding carboxylic acids is 1.